The first kappa shape index (κ1) is 15.6. The molecule has 2 rings (SSSR count). The van der Waals surface area contributed by atoms with Gasteiger partial charge >= 0.3 is 0 Å². The van der Waals surface area contributed by atoms with Gasteiger partial charge in [-0.3, -0.25) is 4.99 Å². The molecule has 0 radical (unpaired) electrons. The number of rotatable bonds is 7. The molecule has 1 aliphatic carbocycles. The number of ether oxygens (including phenoxy) is 1. The number of nitrogens with zero attached hydrogens (tertiary/aromatic N) is 1. The molecule has 3 N–H and O–H groups in total. The quantitative estimate of drug-likeness (QED) is 0.407. The molecule has 21 heavy (non-hydrogen) atoms. The molecule has 0 bridgehead atoms. The number of anilines is 1. The molecule has 0 aliphatic heterocycles. The van der Waals surface area contributed by atoms with Crippen molar-refractivity contribution in [2.45, 2.75) is 25.9 Å². The van der Waals surface area contributed by atoms with Crippen LogP contribution in [-0.4, -0.2) is 39.3 Å². The minimum Gasteiger partial charge on any atom is -0.383 e. The molecule has 1 aromatic rings. The van der Waals surface area contributed by atoms with Crippen LogP contribution in [0.15, 0.2) is 29.3 Å². The zero-order chi connectivity index (χ0) is 15.1. The van der Waals surface area contributed by atoms with Gasteiger partial charge in [0.25, 0.3) is 0 Å². The third kappa shape index (κ3) is 5.27. The van der Waals surface area contributed by atoms with Crippen molar-refractivity contribution in [3.05, 3.63) is 29.8 Å². The van der Waals surface area contributed by atoms with Gasteiger partial charge in [-0.05, 0) is 30.0 Å². The first-order valence-electron chi connectivity index (χ1n) is 7.52. The summed E-state index contributed by atoms with van der Waals surface area (Å²) in [5.41, 5.74) is 2.35. The van der Waals surface area contributed by atoms with Crippen molar-refractivity contribution in [3.8, 4) is 0 Å². The molecular formula is C16H26N4O. The molecule has 0 saturated heterocycles. The van der Waals surface area contributed by atoms with Crippen LogP contribution in [0.4, 0.5) is 5.69 Å². The first-order chi connectivity index (χ1) is 10.2. The van der Waals surface area contributed by atoms with E-state index < -0.39 is 0 Å². The van der Waals surface area contributed by atoms with E-state index in [1.165, 1.54) is 12.0 Å². The van der Waals surface area contributed by atoms with Gasteiger partial charge in [0.05, 0.1) is 6.61 Å². The molecule has 5 heteroatoms. The molecule has 0 amide bonds. The average molecular weight is 290 g/mol. The van der Waals surface area contributed by atoms with E-state index in [4.69, 9.17) is 4.74 Å². The SMILES string of the molecule is CN=C(NCc1ccc(NCCOC)cc1)NC1CC1C. The molecule has 1 fully saturated rings. The molecule has 1 saturated carbocycles. The van der Waals surface area contributed by atoms with Crippen molar-refractivity contribution in [1.82, 2.24) is 10.6 Å². The Hall–Kier alpha value is -1.75. The fourth-order valence-corrected chi connectivity index (χ4v) is 2.12. The summed E-state index contributed by atoms with van der Waals surface area (Å²) in [6.07, 6.45) is 1.24. The molecule has 116 valence electrons. The first-order valence-corrected chi connectivity index (χ1v) is 7.52. The lowest BCUT2D eigenvalue weighted by Gasteiger charge is -2.12. The van der Waals surface area contributed by atoms with Gasteiger partial charge in [-0.2, -0.15) is 0 Å². The van der Waals surface area contributed by atoms with Crippen molar-refractivity contribution in [3.63, 3.8) is 0 Å². The summed E-state index contributed by atoms with van der Waals surface area (Å²) >= 11 is 0. The van der Waals surface area contributed by atoms with Crippen LogP contribution in [0.1, 0.15) is 18.9 Å². The zero-order valence-corrected chi connectivity index (χ0v) is 13.1. The lowest BCUT2D eigenvalue weighted by atomic mass is 10.2. The summed E-state index contributed by atoms with van der Waals surface area (Å²) in [4.78, 5) is 4.25. The highest BCUT2D eigenvalue weighted by atomic mass is 16.5. The minimum absolute atomic E-state index is 0.587. The van der Waals surface area contributed by atoms with Crippen LogP contribution in [0.5, 0.6) is 0 Å². The highest BCUT2D eigenvalue weighted by molar-refractivity contribution is 5.80. The average Bonchev–Trinajstić information content (AvgIpc) is 3.20. The number of hydrogen-bond acceptors (Lipinski definition) is 3. The van der Waals surface area contributed by atoms with E-state index in [1.54, 1.807) is 7.11 Å². The van der Waals surface area contributed by atoms with Crippen LogP contribution in [0.3, 0.4) is 0 Å². The van der Waals surface area contributed by atoms with Gasteiger partial charge in [-0.15, -0.1) is 0 Å². The topological polar surface area (TPSA) is 57.7 Å². The Kier molecular flexibility index (Phi) is 5.87. The number of nitrogens with one attached hydrogen (secondary N) is 3. The maximum absolute atomic E-state index is 5.02. The summed E-state index contributed by atoms with van der Waals surface area (Å²) in [7, 11) is 3.52. The van der Waals surface area contributed by atoms with E-state index in [9.17, 15) is 0 Å². The fourth-order valence-electron chi connectivity index (χ4n) is 2.12. The van der Waals surface area contributed by atoms with Crippen LogP contribution in [0, 0.1) is 5.92 Å². The van der Waals surface area contributed by atoms with E-state index in [0.717, 1.165) is 30.7 Å². The number of aliphatic imine (C=N–C) groups is 1. The second-order valence-electron chi connectivity index (χ2n) is 5.51. The minimum atomic E-state index is 0.587. The van der Waals surface area contributed by atoms with E-state index in [1.807, 2.05) is 7.05 Å². The summed E-state index contributed by atoms with van der Waals surface area (Å²) in [6.45, 7) is 4.56. The molecule has 2 atom stereocenters. The van der Waals surface area contributed by atoms with Crippen molar-refractivity contribution >= 4 is 11.6 Å². The second-order valence-corrected chi connectivity index (χ2v) is 5.51. The summed E-state index contributed by atoms with van der Waals surface area (Å²) < 4.78 is 5.02. The molecule has 0 spiro atoms. The fraction of sp³-hybridized carbons (Fsp3) is 0.562. The van der Waals surface area contributed by atoms with Crippen LogP contribution < -0.4 is 16.0 Å². The van der Waals surface area contributed by atoms with Gasteiger partial charge < -0.3 is 20.7 Å². The van der Waals surface area contributed by atoms with Crippen LogP contribution in [-0.2, 0) is 11.3 Å². The number of guanidine groups is 1. The van der Waals surface area contributed by atoms with Crippen molar-refractivity contribution in [2.24, 2.45) is 10.9 Å². The maximum Gasteiger partial charge on any atom is 0.191 e. The molecular weight excluding hydrogens is 264 g/mol. The van der Waals surface area contributed by atoms with Gasteiger partial charge in [0, 0.05) is 39.0 Å². The van der Waals surface area contributed by atoms with Crippen molar-refractivity contribution < 1.29 is 4.74 Å². The second kappa shape index (κ2) is 7.88. The Morgan fingerprint density at radius 3 is 2.62 bits per heavy atom. The molecule has 5 nitrogen and oxygen atoms in total. The van der Waals surface area contributed by atoms with Crippen LogP contribution in [0.25, 0.3) is 0 Å². The third-order valence-corrected chi connectivity index (χ3v) is 3.70. The van der Waals surface area contributed by atoms with E-state index in [2.05, 4.69) is 52.1 Å². The highest BCUT2D eigenvalue weighted by Gasteiger charge is 2.33. The Morgan fingerprint density at radius 2 is 2.05 bits per heavy atom. The standard InChI is InChI=1S/C16H26N4O/c1-12-10-15(12)20-16(17-2)19-11-13-4-6-14(7-5-13)18-8-9-21-3/h4-7,12,15,18H,8-11H2,1-3H3,(H2,17,19,20). The number of benzene rings is 1. The van der Waals surface area contributed by atoms with E-state index in [-0.39, 0.29) is 0 Å². The maximum atomic E-state index is 5.02. The summed E-state index contributed by atoms with van der Waals surface area (Å²) in [5.74, 6) is 1.65. The van der Waals surface area contributed by atoms with Gasteiger partial charge in [0.2, 0.25) is 0 Å². The Labute approximate surface area is 127 Å². The normalized spacial score (nSPS) is 21.0. The molecule has 1 aromatic carbocycles. The molecule has 2 unspecified atom stereocenters. The lowest BCUT2D eigenvalue weighted by Crippen LogP contribution is -2.38. The predicted octanol–water partition coefficient (Wildman–Crippen LogP) is 1.82. The molecule has 1 aliphatic rings. The van der Waals surface area contributed by atoms with E-state index >= 15 is 0 Å². The largest absolute Gasteiger partial charge is 0.383 e. The summed E-state index contributed by atoms with van der Waals surface area (Å²) in [5, 5.41) is 10.1. The van der Waals surface area contributed by atoms with Crippen molar-refractivity contribution in [1.29, 1.82) is 0 Å². The van der Waals surface area contributed by atoms with E-state index in [0.29, 0.717) is 12.6 Å². The van der Waals surface area contributed by atoms with Gasteiger partial charge in [-0.1, -0.05) is 19.1 Å². The Balaban J connectivity index is 1.74. The van der Waals surface area contributed by atoms with Gasteiger partial charge in [0.15, 0.2) is 5.96 Å². The monoisotopic (exact) mass is 290 g/mol. The summed E-state index contributed by atoms with van der Waals surface area (Å²) in [6, 6.07) is 9.01. The predicted molar refractivity (Wildman–Crippen MR) is 87.7 cm³/mol. The smallest absolute Gasteiger partial charge is 0.191 e. The van der Waals surface area contributed by atoms with Gasteiger partial charge in [0.1, 0.15) is 0 Å². The molecule has 0 aromatic heterocycles. The van der Waals surface area contributed by atoms with Gasteiger partial charge in [-0.25, -0.2) is 0 Å². The zero-order valence-electron chi connectivity index (χ0n) is 13.1. The number of hydrogen-bond donors (Lipinski definition) is 3. The highest BCUT2D eigenvalue weighted by Crippen LogP contribution is 2.28. The van der Waals surface area contributed by atoms with Crippen LogP contribution >= 0.6 is 0 Å². The molecule has 0 heterocycles. The Bertz CT molecular complexity index is 458. The lowest BCUT2D eigenvalue weighted by molar-refractivity contribution is 0.211. The third-order valence-electron chi connectivity index (χ3n) is 3.70. The Morgan fingerprint density at radius 1 is 1.33 bits per heavy atom. The van der Waals surface area contributed by atoms with Crippen molar-refractivity contribution in [2.75, 3.05) is 32.6 Å². The number of methoxy groups -OCH3 is 1. The van der Waals surface area contributed by atoms with Crippen LogP contribution in [0.2, 0.25) is 0 Å².